The first-order valence-corrected chi connectivity index (χ1v) is 9.51. The number of anilines is 1. The normalized spacial score (nSPS) is 16.2. The predicted octanol–water partition coefficient (Wildman–Crippen LogP) is 2.73. The number of ether oxygens (including phenoxy) is 2. The van der Waals surface area contributed by atoms with E-state index < -0.39 is 17.9 Å². The van der Waals surface area contributed by atoms with E-state index in [1.165, 1.54) is 25.3 Å². The summed E-state index contributed by atoms with van der Waals surface area (Å²) in [4.78, 5) is 27.3. The highest BCUT2D eigenvalue weighted by atomic mass is 16.5. The molecule has 32 heavy (non-hydrogen) atoms. The first kappa shape index (κ1) is 20.7. The van der Waals surface area contributed by atoms with E-state index >= 15 is 0 Å². The Morgan fingerprint density at radius 2 is 1.84 bits per heavy atom. The molecule has 0 saturated carbocycles. The maximum Gasteiger partial charge on any atom is 0.355 e. The summed E-state index contributed by atoms with van der Waals surface area (Å²) in [7, 11) is 2.39. The Morgan fingerprint density at radius 1 is 1.12 bits per heavy atom. The summed E-state index contributed by atoms with van der Waals surface area (Å²) < 4.78 is 15.2. The maximum absolute atomic E-state index is 13.0. The Balaban J connectivity index is 2.06. The van der Waals surface area contributed by atoms with Gasteiger partial charge in [0.1, 0.15) is 11.5 Å². The van der Waals surface area contributed by atoms with Crippen molar-refractivity contribution < 1.29 is 23.6 Å². The molecule has 1 atom stereocenters. The molecule has 1 aliphatic heterocycles. The maximum atomic E-state index is 13.0. The van der Waals surface area contributed by atoms with Crippen LogP contribution in [0.2, 0.25) is 0 Å². The second-order valence-electron chi connectivity index (χ2n) is 6.88. The number of esters is 2. The van der Waals surface area contributed by atoms with Crippen molar-refractivity contribution in [1.82, 2.24) is 5.16 Å². The molecule has 0 radical (unpaired) electrons. The van der Waals surface area contributed by atoms with Gasteiger partial charge in [0.25, 0.3) is 0 Å². The molecule has 1 aliphatic rings. The van der Waals surface area contributed by atoms with Crippen LogP contribution in [0.3, 0.4) is 0 Å². The van der Waals surface area contributed by atoms with Crippen LogP contribution in [0.5, 0.6) is 0 Å². The smallest absolute Gasteiger partial charge is 0.355 e. The molecular formula is C23H18N4O5. The van der Waals surface area contributed by atoms with Crippen LogP contribution in [-0.2, 0) is 19.1 Å². The summed E-state index contributed by atoms with van der Waals surface area (Å²) in [5.74, 6) is -2.55. The van der Waals surface area contributed by atoms with Gasteiger partial charge in [0.2, 0.25) is 0 Å². The fourth-order valence-electron chi connectivity index (χ4n) is 3.77. The van der Waals surface area contributed by atoms with E-state index in [0.29, 0.717) is 16.8 Å². The van der Waals surface area contributed by atoms with Crippen LogP contribution in [0.25, 0.3) is 11.0 Å². The minimum absolute atomic E-state index is 0.0201. The highest BCUT2D eigenvalue weighted by Gasteiger charge is 2.43. The average molecular weight is 430 g/mol. The zero-order chi connectivity index (χ0) is 22.8. The highest BCUT2D eigenvalue weighted by molar-refractivity contribution is 6.06. The van der Waals surface area contributed by atoms with Crippen LogP contribution in [0.4, 0.5) is 5.69 Å². The van der Waals surface area contributed by atoms with E-state index in [4.69, 9.17) is 19.7 Å². The zero-order valence-corrected chi connectivity index (χ0v) is 17.2. The Bertz CT molecular complexity index is 1320. The second-order valence-corrected chi connectivity index (χ2v) is 6.88. The molecule has 3 aromatic rings. The quantitative estimate of drug-likeness (QED) is 0.620. The Hall–Kier alpha value is -4.58. The monoisotopic (exact) mass is 430 g/mol. The van der Waals surface area contributed by atoms with Crippen molar-refractivity contribution in [1.29, 1.82) is 5.26 Å². The van der Waals surface area contributed by atoms with E-state index in [-0.39, 0.29) is 22.7 Å². The molecule has 160 valence electrons. The molecule has 4 rings (SSSR count). The van der Waals surface area contributed by atoms with E-state index in [2.05, 4.69) is 11.2 Å². The molecule has 9 heteroatoms. The first-order valence-electron chi connectivity index (χ1n) is 9.51. The number of methoxy groups -OCH3 is 2. The van der Waals surface area contributed by atoms with Crippen molar-refractivity contribution in [2.24, 2.45) is 5.73 Å². The van der Waals surface area contributed by atoms with Gasteiger partial charge in [-0.15, -0.1) is 0 Å². The van der Waals surface area contributed by atoms with Crippen LogP contribution in [0.1, 0.15) is 11.5 Å². The summed E-state index contributed by atoms with van der Waals surface area (Å²) in [6, 6.07) is 15.9. The Kier molecular flexibility index (Phi) is 5.35. The number of allylic oxidation sites excluding steroid dienone is 1. The number of hydrogen-bond donors (Lipinski definition) is 1. The third kappa shape index (κ3) is 3.24. The molecule has 2 N–H and O–H groups in total. The summed E-state index contributed by atoms with van der Waals surface area (Å²) in [6.45, 7) is 0. The number of nitriles is 1. The van der Waals surface area contributed by atoms with Gasteiger partial charge in [0, 0.05) is 11.5 Å². The van der Waals surface area contributed by atoms with Gasteiger partial charge < -0.3 is 19.7 Å². The molecule has 9 nitrogen and oxygen atoms in total. The van der Waals surface area contributed by atoms with E-state index in [1.807, 2.05) is 0 Å². The number of nitrogens with two attached hydrogens (primary N) is 1. The SMILES string of the molecule is COC(=O)C1=C(C(=O)OC)N(c2ccc3cnoc3c2)C(N)=C(C#N)C1c1ccccc1. The number of carbonyl (C=O) groups excluding carboxylic acids is 2. The molecule has 0 fully saturated rings. The summed E-state index contributed by atoms with van der Waals surface area (Å²) in [6.07, 6.45) is 1.54. The molecule has 2 aromatic carbocycles. The van der Waals surface area contributed by atoms with Crippen LogP contribution in [-0.4, -0.2) is 31.3 Å². The largest absolute Gasteiger partial charge is 0.466 e. The fraction of sp³-hybridized carbons (Fsp3) is 0.130. The molecule has 2 heterocycles. The molecule has 0 saturated heterocycles. The van der Waals surface area contributed by atoms with Crippen LogP contribution < -0.4 is 10.6 Å². The second kappa shape index (κ2) is 8.28. The minimum Gasteiger partial charge on any atom is -0.466 e. The first-order chi connectivity index (χ1) is 15.5. The number of benzene rings is 2. The molecule has 0 amide bonds. The third-order valence-electron chi connectivity index (χ3n) is 5.21. The van der Waals surface area contributed by atoms with Crippen molar-refractivity contribution in [2.75, 3.05) is 19.1 Å². The third-order valence-corrected chi connectivity index (χ3v) is 5.21. The van der Waals surface area contributed by atoms with Crippen LogP contribution in [0.15, 0.2) is 81.9 Å². The lowest BCUT2D eigenvalue weighted by atomic mass is 9.81. The molecule has 1 aromatic heterocycles. The van der Waals surface area contributed by atoms with Gasteiger partial charge in [-0.25, -0.2) is 9.59 Å². The predicted molar refractivity (Wildman–Crippen MR) is 114 cm³/mol. The summed E-state index contributed by atoms with van der Waals surface area (Å²) >= 11 is 0. The van der Waals surface area contributed by atoms with Gasteiger partial charge in [0.05, 0.1) is 49.2 Å². The van der Waals surface area contributed by atoms with E-state index in [0.717, 1.165) is 5.39 Å². The number of fused-ring (bicyclic) bond motifs is 1. The molecular weight excluding hydrogens is 412 g/mol. The molecule has 0 aliphatic carbocycles. The Labute approximate surface area is 182 Å². The summed E-state index contributed by atoms with van der Waals surface area (Å²) in [5.41, 5.74) is 7.73. The van der Waals surface area contributed by atoms with Gasteiger partial charge in [-0.3, -0.25) is 4.90 Å². The zero-order valence-electron chi connectivity index (χ0n) is 17.2. The van der Waals surface area contributed by atoms with Crippen molar-refractivity contribution in [3.05, 3.63) is 83.0 Å². The lowest BCUT2D eigenvalue weighted by Crippen LogP contribution is -2.40. The Morgan fingerprint density at radius 3 is 2.50 bits per heavy atom. The van der Waals surface area contributed by atoms with Gasteiger partial charge in [0.15, 0.2) is 5.58 Å². The molecule has 0 spiro atoms. The lowest BCUT2D eigenvalue weighted by molar-refractivity contribution is -0.139. The number of aromatic nitrogens is 1. The van der Waals surface area contributed by atoms with Crippen LogP contribution in [0, 0.1) is 11.3 Å². The number of hydrogen-bond acceptors (Lipinski definition) is 9. The van der Waals surface area contributed by atoms with Crippen LogP contribution >= 0.6 is 0 Å². The number of nitrogens with zero attached hydrogens (tertiary/aromatic N) is 3. The van der Waals surface area contributed by atoms with Gasteiger partial charge >= 0.3 is 11.9 Å². The van der Waals surface area contributed by atoms with E-state index in [9.17, 15) is 14.9 Å². The average Bonchev–Trinajstić information content (AvgIpc) is 3.30. The topological polar surface area (TPSA) is 132 Å². The summed E-state index contributed by atoms with van der Waals surface area (Å²) in [5, 5.41) is 14.5. The number of rotatable bonds is 4. The fourth-order valence-corrected chi connectivity index (χ4v) is 3.77. The van der Waals surface area contributed by atoms with Gasteiger partial charge in [-0.1, -0.05) is 35.5 Å². The highest BCUT2D eigenvalue weighted by Crippen LogP contribution is 2.43. The standard InChI is InChI=1S/C23H18N4O5/c1-30-22(28)19-18(13-6-4-3-5-7-13)16(11-24)21(25)27(20(19)23(29)31-2)15-9-8-14-12-26-32-17(14)10-15/h3-10,12,18H,25H2,1-2H3. The number of carbonyl (C=O) groups is 2. The molecule has 1 unspecified atom stereocenters. The van der Waals surface area contributed by atoms with Crippen molar-refractivity contribution in [2.45, 2.75) is 5.92 Å². The van der Waals surface area contributed by atoms with Gasteiger partial charge in [-0.05, 0) is 17.7 Å². The van der Waals surface area contributed by atoms with Gasteiger partial charge in [-0.2, -0.15) is 5.26 Å². The van der Waals surface area contributed by atoms with Crippen molar-refractivity contribution in [3.63, 3.8) is 0 Å². The van der Waals surface area contributed by atoms with Crippen molar-refractivity contribution in [3.8, 4) is 6.07 Å². The lowest BCUT2D eigenvalue weighted by Gasteiger charge is -2.35. The van der Waals surface area contributed by atoms with E-state index in [1.54, 1.807) is 48.5 Å². The minimum atomic E-state index is -0.923. The molecule has 0 bridgehead atoms. The van der Waals surface area contributed by atoms with Crippen molar-refractivity contribution >= 4 is 28.6 Å².